The maximum atomic E-state index is 11.6. The zero-order chi connectivity index (χ0) is 14.0. The summed E-state index contributed by atoms with van der Waals surface area (Å²) in [7, 11) is 0. The van der Waals surface area contributed by atoms with Gasteiger partial charge in [0.15, 0.2) is 0 Å². The first-order valence-corrected chi connectivity index (χ1v) is 5.89. The second-order valence-electron chi connectivity index (χ2n) is 4.03. The Morgan fingerprint density at radius 1 is 1.42 bits per heavy atom. The number of aryl methyl sites for hydroxylation is 1. The summed E-state index contributed by atoms with van der Waals surface area (Å²) in [5.74, 6) is -0.877. The lowest BCUT2D eigenvalue weighted by Crippen LogP contribution is -2.15. The number of nitrogens with zero attached hydrogens (tertiary/aromatic N) is 2. The van der Waals surface area contributed by atoms with Crippen LogP contribution < -0.4 is 0 Å². The van der Waals surface area contributed by atoms with Crippen LogP contribution >= 0.6 is 0 Å². The molecule has 0 unspecified atom stereocenters. The summed E-state index contributed by atoms with van der Waals surface area (Å²) in [4.78, 5) is 27.1. The van der Waals surface area contributed by atoms with Gasteiger partial charge >= 0.3 is 11.9 Å². The van der Waals surface area contributed by atoms with Crippen molar-refractivity contribution in [2.45, 2.75) is 20.4 Å². The zero-order valence-corrected chi connectivity index (χ0v) is 10.7. The van der Waals surface area contributed by atoms with Crippen LogP contribution in [0.1, 0.15) is 23.1 Å². The summed E-state index contributed by atoms with van der Waals surface area (Å²) in [5.41, 5.74) is 1.13. The van der Waals surface area contributed by atoms with Crippen LogP contribution in [-0.2, 0) is 16.1 Å². The van der Waals surface area contributed by atoms with Crippen molar-refractivity contribution in [3.05, 3.63) is 29.6 Å². The SMILES string of the molecule is CCOC(=O)Cn1c(C)nc2cccc(C(=O)O)c21. The standard InChI is InChI=1S/C13H14N2O4/c1-3-19-11(16)7-15-8(2)14-10-6-4-5-9(12(10)15)13(17)18/h4-6H,3,7H2,1-2H3,(H,17,18). The van der Waals surface area contributed by atoms with Gasteiger partial charge in [-0.2, -0.15) is 0 Å². The molecule has 19 heavy (non-hydrogen) atoms. The summed E-state index contributed by atoms with van der Waals surface area (Å²) in [5, 5.41) is 9.20. The third-order valence-corrected chi connectivity index (χ3v) is 2.78. The molecule has 1 aromatic heterocycles. The van der Waals surface area contributed by atoms with Crippen molar-refractivity contribution >= 4 is 23.0 Å². The van der Waals surface area contributed by atoms with Gasteiger partial charge in [-0.15, -0.1) is 0 Å². The third-order valence-electron chi connectivity index (χ3n) is 2.78. The molecule has 0 aliphatic heterocycles. The van der Waals surface area contributed by atoms with Gasteiger partial charge in [0.05, 0.1) is 23.2 Å². The number of rotatable bonds is 4. The lowest BCUT2D eigenvalue weighted by molar-refractivity contribution is -0.143. The highest BCUT2D eigenvalue weighted by molar-refractivity contribution is 6.01. The molecule has 0 atom stereocenters. The van der Waals surface area contributed by atoms with Gasteiger partial charge < -0.3 is 14.4 Å². The number of carboxylic acid groups (broad SMARTS) is 1. The van der Waals surface area contributed by atoms with E-state index in [9.17, 15) is 14.7 Å². The molecule has 0 radical (unpaired) electrons. The number of esters is 1. The highest BCUT2D eigenvalue weighted by Gasteiger charge is 2.17. The Hall–Kier alpha value is -2.37. The van der Waals surface area contributed by atoms with E-state index >= 15 is 0 Å². The lowest BCUT2D eigenvalue weighted by Gasteiger charge is -2.07. The average Bonchev–Trinajstić information content (AvgIpc) is 2.66. The van der Waals surface area contributed by atoms with Gasteiger partial charge in [-0.05, 0) is 26.0 Å². The molecule has 100 valence electrons. The number of imidazole rings is 1. The van der Waals surface area contributed by atoms with E-state index in [1.54, 1.807) is 30.5 Å². The number of carboxylic acids is 1. The highest BCUT2D eigenvalue weighted by atomic mass is 16.5. The van der Waals surface area contributed by atoms with E-state index < -0.39 is 11.9 Å². The summed E-state index contributed by atoms with van der Waals surface area (Å²) in [6, 6.07) is 4.84. The van der Waals surface area contributed by atoms with Gasteiger partial charge in [-0.25, -0.2) is 9.78 Å². The highest BCUT2D eigenvalue weighted by Crippen LogP contribution is 2.20. The van der Waals surface area contributed by atoms with E-state index in [1.165, 1.54) is 6.07 Å². The fraction of sp³-hybridized carbons (Fsp3) is 0.308. The minimum absolute atomic E-state index is 0.0412. The Labute approximate surface area is 109 Å². The molecule has 6 heteroatoms. The summed E-state index contributed by atoms with van der Waals surface area (Å²) in [6.07, 6.45) is 0. The molecule has 0 amide bonds. The van der Waals surface area contributed by atoms with Crippen LogP contribution in [0.25, 0.3) is 11.0 Å². The van der Waals surface area contributed by atoms with E-state index in [0.29, 0.717) is 16.9 Å². The normalized spacial score (nSPS) is 10.6. The summed E-state index contributed by atoms with van der Waals surface area (Å²) in [6.45, 7) is 3.70. The number of benzene rings is 1. The zero-order valence-electron chi connectivity index (χ0n) is 10.7. The summed E-state index contributed by atoms with van der Waals surface area (Å²) < 4.78 is 6.45. The Morgan fingerprint density at radius 2 is 2.16 bits per heavy atom. The van der Waals surface area contributed by atoms with Crippen molar-refractivity contribution in [3.8, 4) is 0 Å². The van der Waals surface area contributed by atoms with Crippen molar-refractivity contribution in [2.24, 2.45) is 0 Å². The minimum Gasteiger partial charge on any atom is -0.478 e. The Balaban J connectivity index is 2.56. The van der Waals surface area contributed by atoms with Crippen LogP contribution in [0.2, 0.25) is 0 Å². The van der Waals surface area contributed by atoms with Crippen molar-refractivity contribution in [2.75, 3.05) is 6.61 Å². The van der Waals surface area contributed by atoms with E-state index in [4.69, 9.17) is 4.74 Å². The lowest BCUT2D eigenvalue weighted by atomic mass is 10.2. The first kappa shape index (κ1) is 13.1. The number of hydrogen-bond acceptors (Lipinski definition) is 4. The molecule has 0 spiro atoms. The van der Waals surface area contributed by atoms with Crippen LogP contribution in [0.4, 0.5) is 0 Å². The van der Waals surface area contributed by atoms with Gasteiger partial charge in [-0.1, -0.05) is 6.07 Å². The number of carbonyl (C=O) groups is 2. The minimum atomic E-state index is -1.05. The molecule has 1 aromatic carbocycles. The second kappa shape index (κ2) is 5.09. The van der Waals surface area contributed by atoms with Crippen LogP contribution in [0.5, 0.6) is 0 Å². The first-order chi connectivity index (χ1) is 9.04. The fourth-order valence-corrected chi connectivity index (χ4v) is 2.00. The van der Waals surface area contributed by atoms with Gasteiger partial charge in [0, 0.05) is 0 Å². The predicted molar refractivity (Wildman–Crippen MR) is 68.1 cm³/mol. The maximum Gasteiger partial charge on any atom is 0.337 e. The first-order valence-electron chi connectivity index (χ1n) is 5.89. The van der Waals surface area contributed by atoms with Gasteiger partial charge in [0.2, 0.25) is 0 Å². The third kappa shape index (κ3) is 2.42. The van der Waals surface area contributed by atoms with Crippen LogP contribution in [-0.4, -0.2) is 33.2 Å². The van der Waals surface area contributed by atoms with Gasteiger partial charge in [-0.3, -0.25) is 4.79 Å². The molecule has 0 bridgehead atoms. The molecular weight excluding hydrogens is 248 g/mol. The number of aromatic nitrogens is 2. The van der Waals surface area contributed by atoms with Crippen LogP contribution in [0.3, 0.4) is 0 Å². The molecule has 0 aliphatic carbocycles. The maximum absolute atomic E-state index is 11.6. The Morgan fingerprint density at radius 3 is 2.79 bits per heavy atom. The van der Waals surface area contributed by atoms with Crippen molar-refractivity contribution in [1.82, 2.24) is 9.55 Å². The molecule has 0 fully saturated rings. The molecule has 0 saturated carbocycles. The van der Waals surface area contributed by atoms with E-state index in [-0.39, 0.29) is 18.7 Å². The van der Waals surface area contributed by atoms with Gasteiger partial charge in [0.1, 0.15) is 12.4 Å². The van der Waals surface area contributed by atoms with Crippen molar-refractivity contribution < 1.29 is 19.4 Å². The number of ether oxygens (including phenoxy) is 1. The average molecular weight is 262 g/mol. The molecule has 1 heterocycles. The Kier molecular flexibility index (Phi) is 3.50. The van der Waals surface area contributed by atoms with E-state index in [1.807, 2.05) is 0 Å². The quantitative estimate of drug-likeness (QED) is 0.846. The van der Waals surface area contributed by atoms with Crippen molar-refractivity contribution in [3.63, 3.8) is 0 Å². The molecule has 2 aromatic rings. The van der Waals surface area contributed by atoms with Gasteiger partial charge in [0.25, 0.3) is 0 Å². The van der Waals surface area contributed by atoms with Crippen LogP contribution in [0.15, 0.2) is 18.2 Å². The molecule has 0 saturated heterocycles. The molecule has 1 N–H and O–H groups in total. The predicted octanol–water partition coefficient (Wildman–Crippen LogP) is 1.61. The Bertz CT molecular complexity index is 645. The molecule has 6 nitrogen and oxygen atoms in total. The number of carbonyl (C=O) groups excluding carboxylic acids is 1. The largest absolute Gasteiger partial charge is 0.478 e. The summed E-state index contributed by atoms with van der Waals surface area (Å²) >= 11 is 0. The monoisotopic (exact) mass is 262 g/mol. The number of para-hydroxylation sites is 1. The molecular formula is C13H14N2O4. The van der Waals surface area contributed by atoms with E-state index in [0.717, 1.165) is 0 Å². The topological polar surface area (TPSA) is 81.4 Å². The smallest absolute Gasteiger partial charge is 0.337 e. The fourth-order valence-electron chi connectivity index (χ4n) is 2.00. The molecule has 0 aliphatic rings. The number of fused-ring (bicyclic) bond motifs is 1. The number of hydrogen-bond donors (Lipinski definition) is 1. The second-order valence-corrected chi connectivity index (χ2v) is 4.03. The van der Waals surface area contributed by atoms with E-state index in [2.05, 4.69) is 4.98 Å². The molecule has 2 rings (SSSR count). The number of aromatic carboxylic acids is 1. The van der Waals surface area contributed by atoms with Crippen molar-refractivity contribution in [1.29, 1.82) is 0 Å². The van der Waals surface area contributed by atoms with Crippen LogP contribution in [0, 0.1) is 6.92 Å².